The first kappa shape index (κ1) is 16.6. The maximum Gasteiger partial charge on any atom is 0.264 e. The number of carbonyl (C=O) groups excluding carboxylic acids is 1. The molecule has 9 heteroatoms. The molecule has 20 heavy (non-hydrogen) atoms. The van der Waals surface area contributed by atoms with Gasteiger partial charge in [-0.2, -0.15) is 4.39 Å². The van der Waals surface area contributed by atoms with Crippen LogP contribution in [0.3, 0.4) is 0 Å². The average Bonchev–Trinajstić information content (AvgIpc) is 2.32. The molecule has 5 nitrogen and oxygen atoms in total. The Morgan fingerprint density at radius 3 is 2.30 bits per heavy atom. The largest absolute Gasteiger partial charge is 0.478 e. The zero-order valence-electron chi connectivity index (χ0n) is 10.9. The van der Waals surface area contributed by atoms with Crippen molar-refractivity contribution in [2.45, 2.75) is 17.9 Å². The van der Waals surface area contributed by atoms with Crippen molar-refractivity contribution in [1.82, 2.24) is 4.90 Å². The van der Waals surface area contributed by atoms with Crippen molar-refractivity contribution < 1.29 is 26.7 Å². The fraction of sp³-hybridized carbons (Fsp3) is 0.364. The fourth-order valence-corrected chi connectivity index (χ4v) is 2.29. The predicted octanol–water partition coefficient (Wildman–Crippen LogP) is 1.75. The van der Waals surface area contributed by atoms with Gasteiger partial charge in [0.2, 0.25) is 5.82 Å². The van der Waals surface area contributed by atoms with E-state index in [0.29, 0.717) is 0 Å². The van der Waals surface area contributed by atoms with Crippen LogP contribution in [0.25, 0.3) is 0 Å². The number of benzene rings is 1. The Kier molecular flexibility index (Phi) is 4.93. The van der Waals surface area contributed by atoms with E-state index in [1.807, 2.05) is 0 Å². The van der Waals surface area contributed by atoms with Gasteiger partial charge in [0.05, 0.1) is 0 Å². The Morgan fingerprint density at radius 1 is 1.30 bits per heavy atom. The third-order valence-corrected chi connectivity index (χ3v) is 3.71. The summed E-state index contributed by atoms with van der Waals surface area (Å²) < 4.78 is 54.2. The summed E-state index contributed by atoms with van der Waals surface area (Å²) in [5, 5.41) is 0. The number of hydrogen-bond donors (Lipinski definition) is 0. The second-order valence-corrected chi connectivity index (χ2v) is 6.65. The molecule has 0 saturated carbocycles. The van der Waals surface area contributed by atoms with Gasteiger partial charge < -0.3 is 9.64 Å². The maximum atomic E-state index is 13.7. The molecule has 0 spiro atoms. The van der Waals surface area contributed by atoms with E-state index >= 15 is 0 Å². The quantitative estimate of drug-likeness (QED) is 0.790. The second kappa shape index (κ2) is 5.92. The first-order valence-corrected chi connectivity index (χ1v) is 7.67. The average molecular weight is 328 g/mol. The van der Waals surface area contributed by atoms with Crippen LogP contribution in [0.5, 0.6) is 5.75 Å². The number of likely N-dealkylation sites (N-methyl/N-ethyl adjacent to an activating group) is 1. The van der Waals surface area contributed by atoms with Gasteiger partial charge in [-0.3, -0.25) is 4.79 Å². The molecule has 1 amide bonds. The van der Waals surface area contributed by atoms with Crippen molar-refractivity contribution >= 4 is 25.6 Å². The molecule has 1 aromatic rings. The monoisotopic (exact) mass is 327 g/mol. The molecule has 0 aliphatic heterocycles. The highest BCUT2D eigenvalue weighted by atomic mass is 35.7. The fourth-order valence-electron chi connectivity index (χ4n) is 1.40. The van der Waals surface area contributed by atoms with Gasteiger partial charge in [-0.1, -0.05) is 0 Å². The van der Waals surface area contributed by atoms with Crippen molar-refractivity contribution in [3.8, 4) is 5.75 Å². The van der Waals surface area contributed by atoms with E-state index in [1.54, 1.807) is 0 Å². The number of ether oxygens (including phenoxy) is 1. The van der Waals surface area contributed by atoms with E-state index < -0.39 is 43.3 Å². The molecular weight excluding hydrogens is 316 g/mol. The van der Waals surface area contributed by atoms with Gasteiger partial charge in [-0.15, -0.1) is 0 Å². The Balaban J connectivity index is 3.12. The molecule has 0 aliphatic carbocycles. The highest BCUT2D eigenvalue weighted by Crippen LogP contribution is 2.28. The van der Waals surface area contributed by atoms with Crippen LogP contribution < -0.4 is 4.74 Å². The first-order chi connectivity index (χ1) is 9.05. The minimum Gasteiger partial charge on any atom is -0.478 e. The van der Waals surface area contributed by atoms with Crippen molar-refractivity contribution in [3.63, 3.8) is 0 Å². The lowest BCUT2D eigenvalue weighted by Crippen LogP contribution is -2.35. The minimum atomic E-state index is -4.40. The second-order valence-electron chi connectivity index (χ2n) is 4.12. The Morgan fingerprint density at radius 2 is 1.85 bits per heavy atom. The summed E-state index contributed by atoms with van der Waals surface area (Å²) in [6.45, 7) is 1.35. The van der Waals surface area contributed by atoms with Crippen LogP contribution in [-0.2, 0) is 13.8 Å². The van der Waals surface area contributed by atoms with Crippen LogP contribution in [0.2, 0.25) is 0 Å². The molecule has 0 fully saturated rings. The Hall–Kier alpha value is -1.41. The van der Waals surface area contributed by atoms with E-state index in [1.165, 1.54) is 25.9 Å². The topological polar surface area (TPSA) is 63.7 Å². The highest BCUT2D eigenvalue weighted by molar-refractivity contribution is 8.13. The van der Waals surface area contributed by atoms with Crippen LogP contribution in [-0.4, -0.2) is 39.4 Å². The van der Waals surface area contributed by atoms with Crippen molar-refractivity contribution in [3.05, 3.63) is 23.8 Å². The number of rotatable bonds is 4. The number of hydrogen-bond acceptors (Lipinski definition) is 4. The molecule has 0 aliphatic rings. The van der Waals surface area contributed by atoms with E-state index in [9.17, 15) is 22.0 Å². The first-order valence-electron chi connectivity index (χ1n) is 5.36. The molecule has 1 aromatic carbocycles. The van der Waals surface area contributed by atoms with Gasteiger partial charge in [-0.05, 0) is 19.1 Å². The summed E-state index contributed by atoms with van der Waals surface area (Å²) >= 11 is 0. The molecule has 112 valence electrons. The van der Waals surface area contributed by atoms with Crippen molar-refractivity contribution in [1.29, 1.82) is 0 Å². The van der Waals surface area contributed by atoms with Gasteiger partial charge in [0.25, 0.3) is 15.0 Å². The molecule has 0 bridgehead atoms. The Bertz CT molecular complexity index is 634. The summed E-state index contributed by atoms with van der Waals surface area (Å²) in [6.07, 6.45) is -1.06. The van der Waals surface area contributed by atoms with Crippen LogP contribution in [0.15, 0.2) is 17.0 Å². The number of amides is 1. The van der Waals surface area contributed by atoms with Gasteiger partial charge in [0, 0.05) is 24.8 Å². The van der Waals surface area contributed by atoms with Crippen molar-refractivity contribution in [2.75, 3.05) is 14.1 Å². The minimum absolute atomic E-state index is 0.459. The highest BCUT2D eigenvalue weighted by Gasteiger charge is 2.25. The van der Waals surface area contributed by atoms with Gasteiger partial charge in [0.1, 0.15) is 4.90 Å². The van der Waals surface area contributed by atoms with Crippen LogP contribution >= 0.6 is 10.7 Å². The van der Waals surface area contributed by atoms with Crippen molar-refractivity contribution in [2.24, 2.45) is 0 Å². The molecule has 0 N–H and O–H groups in total. The third kappa shape index (κ3) is 3.57. The van der Waals surface area contributed by atoms with Gasteiger partial charge in [-0.25, -0.2) is 12.8 Å². The summed E-state index contributed by atoms with van der Waals surface area (Å²) in [4.78, 5) is 11.8. The van der Waals surface area contributed by atoms with Crippen LogP contribution in [0, 0.1) is 11.6 Å². The lowest BCUT2D eigenvalue weighted by Gasteiger charge is -2.18. The predicted molar refractivity (Wildman–Crippen MR) is 68.2 cm³/mol. The summed E-state index contributed by atoms with van der Waals surface area (Å²) in [5.74, 6) is -4.21. The summed E-state index contributed by atoms with van der Waals surface area (Å²) in [5.41, 5.74) is 0. The maximum absolute atomic E-state index is 13.7. The van der Waals surface area contributed by atoms with E-state index in [2.05, 4.69) is 0 Å². The summed E-state index contributed by atoms with van der Waals surface area (Å²) in [6, 6.07) is 1.66. The Labute approximate surface area is 119 Å². The van der Waals surface area contributed by atoms with E-state index in [-0.39, 0.29) is 0 Å². The normalized spacial score (nSPS) is 12.9. The molecule has 0 radical (unpaired) electrons. The molecule has 1 unspecified atom stereocenters. The zero-order chi connectivity index (χ0) is 15.7. The lowest BCUT2D eigenvalue weighted by molar-refractivity contribution is -0.135. The molecule has 1 rings (SSSR count). The smallest absolute Gasteiger partial charge is 0.264 e. The van der Waals surface area contributed by atoms with Crippen LogP contribution in [0.4, 0.5) is 8.78 Å². The molecule has 1 atom stereocenters. The third-order valence-electron chi connectivity index (χ3n) is 2.37. The van der Waals surface area contributed by atoms with Crippen LogP contribution in [0.1, 0.15) is 6.92 Å². The number of nitrogens with zero attached hydrogens (tertiary/aromatic N) is 1. The molecule has 0 heterocycles. The number of halogens is 3. The van der Waals surface area contributed by atoms with E-state index in [4.69, 9.17) is 15.4 Å². The lowest BCUT2D eigenvalue weighted by atomic mass is 10.3. The SMILES string of the molecule is CC(Oc1ccc(S(=O)(=O)Cl)c(F)c1F)C(=O)N(C)C. The zero-order valence-corrected chi connectivity index (χ0v) is 12.4. The van der Waals surface area contributed by atoms with Gasteiger partial charge in [0.15, 0.2) is 17.7 Å². The van der Waals surface area contributed by atoms with E-state index in [0.717, 1.165) is 12.1 Å². The molecule has 0 aromatic heterocycles. The number of carbonyl (C=O) groups is 1. The standard InChI is InChI=1S/C11H12ClF2NO4S/c1-6(11(16)15(2)3)19-7-4-5-8(20(12,17)18)10(14)9(7)13/h4-6H,1-3H3. The molecular formula is C11H12ClF2NO4S. The molecule has 0 saturated heterocycles. The summed E-state index contributed by atoms with van der Waals surface area (Å²) in [7, 11) is 3.49. The van der Waals surface area contributed by atoms with Gasteiger partial charge >= 0.3 is 0 Å².